The number of halogens is 1. The normalized spacial score (nSPS) is 18.5. The van der Waals surface area contributed by atoms with Crippen molar-refractivity contribution in [3.8, 4) is 5.75 Å². The summed E-state index contributed by atoms with van der Waals surface area (Å²) in [5, 5.41) is 3.09. The van der Waals surface area contributed by atoms with Gasteiger partial charge in [-0.1, -0.05) is 11.6 Å². The Balaban J connectivity index is 2.18. The van der Waals surface area contributed by atoms with E-state index in [0.29, 0.717) is 44.2 Å². The molecule has 0 saturated carbocycles. The summed E-state index contributed by atoms with van der Waals surface area (Å²) in [4.78, 5) is 12.3. The van der Waals surface area contributed by atoms with Crippen LogP contribution in [-0.4, -0.2) is 58.6 Å². The van der Waals surface area contributed by atoms with Crippen LogP contribution < -0.4 is 10.1 Å². The summed E-state index contributed by atoms with van der Waals surface area (Å²) < 4.78 is 37.9. The maximum Gasteiger partial charge on any atom is 0.246 e. The van der Waals surface area contributed by atoms with Crippen LogP contribution in [0.25, 0.3) is 0 Å². The van der Waals surface area contributed by atoms with Crippen LogP contribution in [-0.2, 0) is 19.6 Å². The monoisotopic (exact) mass is 404 g/mol. The largest absolute Gasteiger partial charge is 0.492 e. The van der Waals surface area contributed by atoms with E-state index in [1.54, 1.807) is 26.2 Å². The second-order valence-electron chi connectivity index (χ2n) is 6.01. The third-order valence-corrected chi connectivity index (χ3v) is 6.31. The molecule has 7 nitrogen and oxygen atoms in total. The second kappa shape index (κ2) is 9.55. The predicted molar refractivity (Wildman–Crippen MR) is 99.0 cm³/mol. The van der Waals surface area contributed by atoms with E-state index in [2.05, 4.69) is 5.32 Å². The van der Waals surface area contributed by atoms with Crippen molar-refractivity contribution in [1.82, 2.24) is 9.62 Å². The summed E-state index contributed by atoms with van der Waals surface area (Å²) >= 11 is 6.00. The van der Waals surface area contributed by atoms with Crippen LogP contribution in [0.1, 0.15) is 19.8 Å². The van der Waals surface area contributed by atoms with Gasteiger partial charge in [0.1, 0.15) is 10.6 Å². The van der Waals surface area contributed by atoms with Crippen LogP contribution in [0.4, 0.5) is 0 Å². The first kappa shape index (κ1) is 21.0. The number of piperidine rings is 1. The van der Waals surface area contributed by atoms with Gasteiger partial charge in [-0.15, -0.1) is 0 Å². The fourth-order valence-corrected chi connectivity index (χ4v) is 4.81. The molecule has 26 heavy (non-hydrogen) atoms. The number of benzene rings is 1. The van der Waals surface area contributed by atoms with Crippen molar-refractivity contribution in [1.29, 1.82) is 0 Å². The van der Waals surface area contributed by atoms with Gasteiger partial charge in [0, 0.05) is 31.8 Å². The van der Waals surface area contributed by atoms with Gasteiger partial charge in [-0.3, -0.25) is 4.79 Å². The first-order valence-electron chi connectivity index (χ1n) is 8.59. The lowest BCUT2D eigenvalue weighted by atomic mass is 9.99. The van der Waals surface area contributed by atoms with Gasteiger partial charge in [-0.05, 0) is 38.0 Å². The molecule has 1 saturated heterocycles. The van der Waals surface area contributed by atoms with Gasteiger partial charge >= 0.3 is 0 Å². The predicted octanol–water partition coefficient (Wildman–Crippen LogP) is 1.90. The highest BCUT2D eigenvalue weighted by molar-refractivity contribution is 7.89. The second-order valence-corrected chi connectivity index (χ2v) is 8.35. The van der Waals surface area contributed by atoms with Gasteiger partial charge in [0.25, 0.3) is 0 Å². The fourth-order valence-electron chi connectivity index (χ4n) is 2.89. The summed E-state index contributed by atoms with van der Waals surface area (Å²) in [6.45, 7) is 3.45. The highest BCUT2D eigenvalue weighted by atomic mass is 35.5. The van der Waals surface area contributed by atoms with Crippen molar-refractivity contribution >= 4 is 27.5 Å². The Morgan fingerprint density at radius 1 is 1.42 bits per heavy atom. The number of carbonyl (C=O) groups excluding carboxylic acids is 1. The average Bonchev–Trinajstić information content (AvgIpc) is 2.63. The summed E-state index contributed by atoms with van der Waals surface area (Å²) in [5.41, 5.74) is 0. The van der Waals surface area contributed by atoms with Crippen LogP contribution in [0.2, 0.25) is 5.02 Å². The maximum absolute atomic E-state index is 13.1. The lowest BCUT2D eigenvalue weighted by molar-refractivity contribution is -0.126. The van der Waals surface area contributed by atoms with Crippen LogP contribution in [0.5, 0.6) is 5.75 Å². The SMILES string of the molecule is CCOc1ccc(Cl)cc1S(=O)(=O)N1CCC[C@@H](C(=O)NCCOC)C1. The highest BCUT2D eigenvalue weighted by Gasteiger charge is 2.34. The number of sulfonamides is 1. The zero-order valence-corrected chi connectivity index (χ0v) is 16.6. The molecule has 1 aromatic carbocycles. The first-order chi connectivity index (χ1) is 12.4. The van der Waals surface area contributed by atoms with E-state index in [1.807, 2.05) is 0 Å². The Kier molecular flexibility index (Phi) is 7.69. The van der Waals surface area contributed by atoms with Crippen molar-refractivity contribution in [2.24, 2.45) is 5.92 Å². The van der Waals surface area contributed by atoms with E-state index in [9.17, 15) is 13.2 Å². The zero-order valence-electron chi connectivity index (χ0n) is 15.0. The number of nitrogens with one attached hydrogen (secondary N) is 1. The molecule has 2 rings (SSSR count). The number of hydrogen-bond donors (Lipinski definition) is 1. The van der Waals surface area contributed by atoms with E-state index in [0.717, 1.165) is 0 Å². The minimum atomic E-state index is -3.81. The van der Waals surface area contributed by atoms with Gasteiger partial charge < -0.3 is 14.8 Å². The van der Waals surface area contributed by atoms with Gasteiger partial charge in [0.2, 0.25) is 15.9 Å². The van der Waals surface area contributed by atoms with Crippen molar-refractivity contribution < 1.29 is 22.7 Å². The molecule has 0 spiro atoms. The van der Waals surface area contributed by atoms with Crippen LogP contribution in [0.3, 0.4) is 0 Å². The molecule has 0 aliphatic carbocycles. The van der Waals surface area contributed by atoms with Gasteiger partial charge in [0.05, 0.1) is 19.1 Å². The minimum absolute atomic E-state index is 0.0345. The molecule has 9 heteroatoms. The Labute approximate surface area is 159 Å². The van der Waals surface area contributed by atoms with E-state index in [1.165, 1.54) is 10.4 Å². The lowest BCUT2D eigenvalue weighted by Crippen LogP contribution is -2.45. The molecule has 0 bridgehead atoms. The Bertz CT molecular complexity index is 726. The average molecular weight is 405 g/mol. The topological polar surface area (TPSA) is 84.9 Å². The van der Waals surface area contributed by atoms with Crippen LogP contribution in [0.15, 0.2) is 23.1 Å². The standard InChI is InChI=1S/C17H25ClN2O5S/c1-3-25-15-7-6-14(18)11-16(15)26(22,23)20-9-4-5-13(12-20)17(21)19-8-10-24-2/h6-7,11,13H,3-5,8-10,12H2,1-2H3,(H,19,21)/t13-/m1/s1. The number of methoxy groups -OCH3 is 1. The molecule has 1 atom stereocenters. The molecule has 1 fully saturated rings. The minimum Gasteiger partial charge on any atom is -0.492 e. The Morgan fingerprint density at radius 2 is 2.19 bits per heavy atom. The third-order valence-electron chi connectivity index (χ3n) is 4.18. The Hall–Kier alpha value is -1.35. The molecule has 1 aliphatic heterocycles. The number of amides is 1. The number of ether oxygens (including phenoxy) is 2. The van der Waals surface area contributed by atoms with Crippen LogP contribution in [0, 0.1) is 5.92 Å². The molecular formula is C17H25ClN2O5S. The summed E-state index contributed by atoms with van der Waals surface area (Å²) in [5.74, 6) is -0.272. The molecular weight excluding hydrogens is 380 g/mol. The molecule has 0 aromatic heterocycles. The summed E-state index contributed by atoms with van der Waals surface area (Å²) in [6, 6.07) is 4.54. The number of nitrogens with zero attached hydrogens (tertiary/aromatic N) is 1. The quantitative estimate of drug-likeness (QED) is 0.669. The fraction of sp³-hybridized carbons (Fsp3) is 0.588. The third kappa shape index (κ3) is 5.09. The first-order valence-corrected chi connectivity index (χ1v) is 10.4. The maximum atomic E-state index is 13.1. The lowest BCUT2D eigenvalue weighted by Gasteiger charge is -2.31. The number of rotatable bonds is 8. The molecule has 1 aliphatic rings. The van der Waals surface area contributed by atoms with Gasteiger partial charge in [-0.2, -0.15) is 4.31 Å². The number of carbonyl (C=O) groups is 1. The van der Waals surface area contributed by atoms with E-state index in [4.69, 9.17) is 21.1 Å². The molecule has 0 radical (unpaired) electrons. The van der Waals surface area contributed by atoms with E-state index >= 15 is 0 Å². The molecule has 1 N–H and O–H groups in total. The number of hydrogen-bond acceptors (Lipinski definition) is 5. The molecule has 146 valence electrons. The molecule has 1 aromatic rings. The smallest absolute Gasteiger partial charge is 0.246 e. The zero-order chi connectivity index (χ0) is 19.2. The van der Waals surface area contributed by atoms with Crippen LogP contribution >= 0.6 is 11.6 Å². The van der Waals surface area contributed by atoms with Gasteiger partial charge in [-0.25, -0.2) is 8.42 Å². The molecule has 1 heterocycles. The highest BCUT2D eigenvalue weighted by Crippen LogP contribution is 2.32. The summed E-state index contributed by atoms with van der Waals surface area (Å²) in [6.07, 6.45) is 1.27. The van der Waals surface area contributed by atoms with E-state index < -0.39 is 10.0 Å². The van der Waals surface area contributed by atoms with Crippen molar-refractivity contribution in [3.05, 3.63) is 23.2 Å². The summed E-state index contributed by atoms with van der Waals surface area (Å²) in [7, 11) is -2.25. The van der Waals surface area contributed by atoms with Crippen molar-refractivity contribution in [3.63, 3.8) is 0 Å². The van der Waals surface area contributed by atoms with Crippen molar-refractivity contribution in [2.75, 3.05) is 40.0 Å². The van der Waals surface area contributed by atoms with Crippen molar-refractivity contribution in [2.45, 2.75) is 24.7 Å². The van der Waals surface area contributed by atoms with Gasteiger partial charge in [0.15, 0.2) is 0 Å². The molecule has 0 unspecified atom stereocenters. The molecule has 1 amide bonds. The Morgan fingerprint density at radius 3 is 2.88 bits per heavy atom. The van der Waals surface area contributed by atoms with E-state index in [-0.39, 0.29) is 29.0 Å².